The highest BCUT2D eigenvalue weighted by Gasteiger charge is 2.47. The van der Waals surface area contributed by atoms with E-state index in [1.54, 1.807) is 0 Å². The lowest BCUT2D eigenvalue weighted by Gasteiger charge is -2.21. The first-order valence-corrected chi connectivity index (χ1v) is 7.63. The Morgan fingerprint density at radius 3 is 2.96 bits per heavy atom. The van der Waals surface area contributed by atoms with Crippen LogP contribution in [0.2, 0.25) is 0 Å². The van der Waals surface area contributed by atoms with Crippen LogP contribution in [0.15, 0.2) is 12.7 Å². The van der Waals surface area contributed by atoms with Gasteiger partial charge in [0.25, 0.3) is 0 Å². The molecule has 1 aliphatic heterocycles. The van der Waals surface area contributed by atoms with Gasteiger partial charge in [-0.25, -0.2) is 15.0 Å². The number of carbonyl (C=O) groups excluding carboxylic acids is 1. The number of aromatic nitrogens is 4. The fourth-order valence-corrected chi connectivity index (χ4v) is 2.69. The van der Waals surface area contributed by atoms with E-state index in [1.165, 1.54) is 17.2 Å². The van der Waals surface area contributed by atoms with Gasteiger partial charge >= 0.3 is 5.97 Å². The quantitative estimate of drug-likeness (QED) is 0.607. The molecule has 1 saturated heterocycles. The van der Waals surface area contributed by atoms with Crippen molar-refractivity contribution in [2.45, 2.75) is 44.3 Å². The lowest BCUT2D eigenvalue weighted by Crippen LogP contribution is -2.37. The van der Waals surface area contributed by atoms with Gasteiger partial charge in [-0.2, -0.15) is 0 Å². The van der Waals surface area contributed by atoms with Crippen molar-refractivity contribution in [3.63, 3.8) is 0 Å². The second-order valence-electron chi connectivity index (χ2n) is 5.53. The van der Waals surface area contributed by atoms with Crippen LogP contribution in [0, 0.1) is 0 Å². The first-order chi connectivity index (χ1) is 11.6. The summed E-state index contributed by atoms with van der Waals surface area (Å²) >= 11 is 0. The topological polar surface area (TPSA) is 146 Å². The number of hydrogen-bond acceptors (Lipinski definition) is 9. The van der Waals surface area contributed by atoms with Crippen LogP contribution < -0.4 is 5.73 Å². The van der Waals surface area contributed by atoms with Gasteiger partial charge in [-0.1, -0.05) is 6.92 Å². The van der Waals surface area contributed by atoms with Gasteiger partial charge in [-0.05, 0) is 6.42 Å². The second-order valence-corrected chi connectivity index (χ2v) is 5.53. The summed E-state index contributed by atoms with van der Waals surface area (Å²) in [7, 11) is 0. The summed E-state index contributed by atoms with van der Waals surface area (Å²) in [6.07, 6.45) is -0.375. The lowest BCUT2D eigenvalue weighted by molar-refractivity contribution is -0.158. The molecule has 4 N–H and O–H groups in total. The summed E-state index contributed by atoms with van der Waals surface area (Å²) in [5.74, 6) is -0.247. The van der Waals surface area contributed by atoms with Gasteiger partial charge in [0.2, 0.25) is 0 Å². The lowest BCUT2D eigenvalue weighted by atomic mass is 10.1. The number of nitrogen functional groups attached to an aromatic ring is 1. The zero-order chi connectivity index (χ0) is 17.3. The molecule has 0 aliphatic carbocycles. The van der Waals surface area contributed by atoms with Crippen molar-refractivity contribution >= 4 is 23.0 Å². The highest BCUT2D eigenvalue weighted by Crippen LogP contribution is 2.34. The van der Waals surface area contributed by atoms with E-state index in [2.05, 4.69) is 15.0 Å². The molecule has 24 heavy (non-hydrogen) atoms. The van der Waals surface area contributed by atoms with Crippen molar-refractivity contribution in [1.29, 1.82) is 0 Å². The van der Waals surface area contributed by atoms with E-state index < -0.39 is 37.1 Å². The van der Waals surface area contributed by atoms with Gasteiger partial charge in [0.05, 0.1) is 12.9 Å². The Labute approximate surface area is 137 Å². The zero-order valence-corrected chi connectivity index (χ0v) is 13.1. The van der Waals surface area contributed by atoms with E-state index in [9.17, 15) is 15.0 Å². The molecule has 0 unspecified atom stereocenters. The van der Waals surface area contributed by atoms with Gasteiger partial charge in [0, 0.05) is 6.42 Å². The fraction of sp³-hybridized carbons (Fsp3) is 0.571. The van der Waals surface area contributed by atoms with Gasteiger partial charge < -0.3 is 25.4 Å². The summed E-state index contributed by atoms with van der Waals surface area (Å²) in [6, 6.07) is 0. The number of fused-ring (bicyclic) bond motifs is 1. The van der Waals surface area contributed by atoms with Crippen LogP contribution >= 0.6 is 0 Å². The minimum atomic E-state index is -1.17. The Morgan fingerprint density at radius 1 is 1.46 bits per heavy atom. The van der Waals surface area contributed by atoms with E-state index in [0.29, 0.717) is 17.6 Å². The molecule has 1 fully saturated rings. The molecule has 0 radical (unpaired) electrons. The van der Waals surface area contributed by atoms with Crippen LogP contribution in [0.4, 0.5) is 5.82 Å². The smallest absolute Gasteiger partial charge is 0.306 e. The second kappa shape index (κ2) is 6.67. The van der Waals surface area contributed by atoms with Gasteiger partial charge in [-0.3, -0.25) is 9.36 Å². The normalized spacial score (nSPS) is 26.8. The molecule has 2 aromatic heterocycles. The molecule has 2 aromatic rings. The maximum Gasteiger partial charge on any atom is 0.306 e. The molecule has 10 nitrogen and oxygen atoms in total. The molecular formula is C14H19N5O5. The maximum absolute atomic E-state index is 11.9. The molecule has 0 saturated carbocycles. The summed E-state index contributed by atoms with van der Waals surface area (Å²) in [5.41, 5.74) is 6.52. The standard InChI is InChI=1S/C14H19N5O5/c1-2-3-8(21)24-11-10(22)7(4-20)23-14(11)19-6-18-9-12(15)16-5-17-13(9)19/h5-7,10-11,14,20,22H,2-4H2,1H3,(H2,15,16,17)/t7-,10-,11-,14-/m1/s1. The number of nitrogens with zero attached hydrogens (tertiary/aromatic N) is 4. The molecule has 3 rings (SSSR count). The summed E-state index contributed by atoms with van der Waals surface area (Å²) in [5, 5.41) is 19.7. The summed E-state index contributed by atoms with van der Waals surface area (Å²) in [6.45, 7) is 1.43. The molecule has 1 aliphatic rings. The number of ether oxygens (including phenoxy) is 2. The van der Waals surface area contributed by atoms with Crippen molar-refractivity contribution in [2.75, 3.05) is 12.3 Å². The number of aliphatic hydroxyl groups excluding tert-OH is 2. The first kappa shape index (κ1) is 16.6. The number of aliphatic hydroxyl groups is 2. The Balaban J connectivity index is 1.96. The van der Waals surface area contributed by atoms with Crippen molar-refractivity contribution in [2.24, 2.45) is 0 Å². The number of esters is 1. The Morgan fingerprint density at radius 2 is 2.25 bits per heavy atom. The highest BCUT2D eigenvalue weighted by atomic mass is 16.6. The number of rotatable bonds is 5. The van der Waals surface area contributed by atoms with Crippen LogP contribution in [-0.4, -0.2) is 60.6 Å². The molecule has 130 valence electrons. The summed E-state index contributed by atoms with van der Waals surface area (Å²) < 4.78 is 12.5. The van der Waals surface area contributed by atoms with Gasteiger partial charge in [0.15, 0.2) is 23.8 Å². The predicted molar refractivity (Wildman–Crippen MR) is 81.5 cm³/mol. The molecule has 0 bridgehead atoms. The first-order valence-electron chi connectivity index (χ1n) is 7.63. The molecule has 0 aromatic carbocycles. The molecular weight excluding hydrogens is 318 g/mol. The van der Waals surface area contributed by atoms with E-state index in [0.717, 1.165) is 0 Å². The minimum absolute atomic E-state index is 0.204. The van der Waals surface area contributed by atoms with Crippen molar-refractivity contribution in [3.05, 3.63) is 12.7 Å². The maximum atomic E-state index is 11.9. The monoisotopic (exact) mass is 337 g/mol. The largest absolute Gasteiger partial charge is 0.455 e. The average Bonchev–Trinajstić information content (AvgIpc) is 3.11. The number of anilines is 1. The molecule has 4 atom stereocenters. The van der Waals surface area contributed by atoms with Gasteiger partial charge in [-0.15, -0.1) is 0 Å². The van der Waals surface area contributed by atoms with E-state index in [-0.39, 0.29) is 12.2 Å². The Kier molecular flexibility index (Phi) is 4.60. The minimum Gasteiger partial charge on any atom is -0.455 e. The average molecular weight is 337 g/mol. The Hall–Kier alpha value is -2.30. The van der Waals surface area contributed by atoms with Crippen LogP contribution in [-0.2, 0) is 14.3 Å². The van der Waals surface area contributed by atoms with Crippen LogP contribution in [0.3, 0.4) is 0 Å². The Bertz CT molecular complexity index is 735. The summed E-state index contributed by atoms with van der Waals surface area (Å²) in [4.78, 5) is 24.0. The fourth-order valence-electron chi connectivity index (χ4n) is 2.69. The predicted octanol–water partition coefficient (Wildman–Crippen LogP) is -0.629. The third-order valence-corrected chi connectivity index (χ3v) is 3.88. The molecule has 0 spiro atoms. The molecule has 0 amide bonds. The van der Waals surface area contributed by atoms with E-state index in [1.807, 2.05) is 6.92 Å². The van der Waals surface area contributed by atoms with Gasteiger partial charge in [0.1, 0.15) is 24.1 Å². The van der Waals surface area contributed by atoms with Crippen LogP contribution in [0.1, 0.15) is 26.0 Å². The molecule has 3 heterocycles. The highest BCUT2D eigenvalue weighted by molar-refractivity contribution is 5.81. The van der Waals surface area contributed by atoms with Crippen molar-refractivity contribution in [1.82, 2.24) is 19.5 Å². The molecule has 10 heteroatoms. The number of hydrogen-bond donors (Lipinski definition) is 3. The van der Waals surface area contributed by atoms with E-state index >= 15 is 0 Å². The van der Waals surface area contributed by atoms with Crippen LogP contribution in [0.25, 0.3) is 11.2 Å². The van der Waals surface area contributed by atoms with Crippen molar-refractivity contribution in [3.8, 4) is 0 Å². The number of imidazole rings is 1. The zero-order valence-electron chi connectivity index (χ0n) is 13.1. The third kappa shape index (κ3) is 2.79. The van der Waals surface area contributed by atoms with Crippen molar-refractivity contribution < 1.29 is 24.5 Å². The van der Waals surface area contributed by atoms with E-state index in [4.69, 9.17) is 15.2 Å². The third-order valence-electron chi connectivity index (χ3n) is 3.88. The number of carbonyl (C=O) groups is 1. The van der Waals surface area contributed by atoms with Crippen LogP contribution in [0.5, 0.6) is 0 Å². The number of nitrogens with two attached hydrogens (primary N) is 1. The SMILES string of the molecule is CCCC(=O)O[C@@H]1[C@H](O)[C@@H](CO)O[C@H]1n1cnc2c(N)ncnc21.